The van der Waals surface area contributed by atoms with Crippen molar-refractivity contribution < 1.29 is 9.53 Å². The molecule has 5 nitrogen and oxygen atoms in total. The predicted octanol–water partition coefficient (Wildman–Crippen LogP) is 6.36. The fourth-order valence-electron chi connectivity index (χ4n) is 4.87. The number of fused-ring (bicyclic) bond motifs is 2. The molecule has 2 amide bonds. The van der Waals surface area contributed by atoms with Crippen LogP contribution in [0.25, 0.3) is 10.8 Å². The van der Waals surface area contributed by atoms with Gasteiger partial charge in [-0.3, -0.25) is 4.98 Å². The van der Waals surface area contributed by atoms with Gasteiger partial charge in [0.15, 0.2) is 0 Å². The molecular weight excluding hydrogens is 446 g/mol. The van der Waals surface area contributed by atoms with E-state index < -0.39 is 0 Å². The summed E-state index contributed by atoms with van der Waals surface area (Å²) in [6.45, 7) is 0. The van der Waals surface area contributed by atoms with Crippen LogP contribution < -0.4 is 15.4 Å². The number of benzene rings is 3. The van der Waals surface area contributed by atoms with Gasteiger partial charge in [0.05, 0.1) is 12.8 Å². The Labute approximate surface area is 204 Å². The third-order valence-corrected chi connectivity index (χ3v) is 6.83. The minimum absolute atomic E-state index is 0.00628. The van der Waals surface area contributed by atoms with E-state index in [1.54, 1.807) is 19.5 Å². The van der Waals surface area contributed by atoms with Gasteiger partial charge >= 0.3 is 6.03 Å². The molecular formula is C28H26ClN3O2. The third kappa shape index (κ3) is 4.70. The van der Waals surface area contributed by atoms with Crippen molar-refractivity contribution in [1.29, 1.82) is 0 Å². The highest BCUT2D eigenvalue weighted by molar-refractivity contribution is 6.30. The Bertz CT molecular complexity index is 1320. The topological polar surface area (TPSA) is 63.2 Å². The Morgan fingerprint density at radius 2 is 1.97 bits per heavy atom. The van der Waals surface area contributed by atoms with Gasteiger partial charge in [-0.25, -0.2) is 4.79 Å². The fraction of sp³-hybridized carbons (Fsp3) is 0.214. The number of ether oxygens (including phenoxy) is 1. The summed E-state index contributed by atoms with van der Waals surface area (Å²) in [7, 11) is 1.69. The Hall–Kier alpha value is -3.57. The molecule has 0 radical (unpaired) electrons. The van der Waals surface area contributed by atoms with Gasteiger partial charge < -0.3 is 15.4 Å². The molecule has 0 saturated carbocycles. The lowest BCUT2D eigenvalue weighted by Gasteiger charge is -2.34. The minimum atomic E-state index is -0.201. The molecule has 1 aromatic heterocycles. The van der Waals surface area contributed by atoms with E-state index in [4.69, 9.17) is 16.3 Å². The molecule has 2 N–H and O–H groups in total. The van der Waals surface area contributed by atoms with Gasteiger partial charge in [-0.2, -0.15) is 0 Å². The van der Waals surface area contributed by atoms with Crippen molar-refractivity contribution in [2.75, 3.05) is 12.4 Å². The standard InChI is InChI=1S/C28H26ClN3O2/c1-34-22-10-11-23-19(16-22)7-12-27(25(23)15-18-5-8-21(29)9-6-18)32-28(33)31-26-4-2-3-20-17-30-14-13-24(20)26/h2-6,8-11,13-14,16-17,25,27H,7,12,15H2,1H3,(H2,31,32,33). The average molecular weight is 472 g/mol. The van der Waals surface area contributed by atoms with Crippen molar-refractivity contribution in [3.8, 4) is 5.75 Å². The number of anilines is 1. The number of halogens is 1. The lowest BCUT2D eigenvalue weighted by Crippen LogP contribution is -2.44. The van der Waals surface area contributed by atoms with E-state index in [0.717, 1.165) is 46.5 Å². The van der Waals surface area contributed by atoms with E-state index in [2.05, 4.69) is 39.9 Å². The van der Waals surface area contributed by atoms with Gasteiger partial charge in [-0.15, -0.1) is 0 Å². The van der Waals surface area contributed by atoms with Crippen LogP contribution in [0.1, 0.15) is 29.0 Å². The SMILES string of the molecule is COc1ccc2c(c1)CCC(NC(=O)Nc1cccc3cnccc13)C2Cc1ccc(Cl)cc1. The number of pyridine rings is 1. The zero-order valence-electron chi connectivity index (χ0n) is 18.9. The molecule has 0 spiro atoms. The first-order valence-electron chi connectivity index (χ1n) is 11.4. The Morgan fingerprint density at radius 1 is 1.12 bits per heavy atom. The van der Waals surface area contributed by atoms with Crippen molar-refractivity contribution in [3.63, 3.8) is 0 Å². The number of carbonyl (C=O) groups excluding carboxylic acids is 1. The highest BCUT2D eigenvalue weighted by Gasteiger charge is 2.31. The van der Waals surface area contributed by atoms with E-state index >= 15 is 0 Å². The number of hydrogen-bond acceptors (Lipinski definition) is 3. The molecule has 1 aliphatic rings. The second-order valence-electron chi connectivity index (χ2n) is 8.65. The summed E-state index contributed by atoms with van der Waals surface area (Å²) < 4.78 is 5.44. The molecule has 1 aliphatic carbocycles. The van der Waals surface area contributed by atoms with Crippen LogP contribution in [0, 0.1) is 0 Å². The van der Waals surface area contributed by atoms with Gasteiger partial charge in [-0.05, 0) is 72.4 Å². The molecule has 0 saturated heterocycles. The van der Waals surface area contributed by atoms with Crippen LogP contribution in [0.2, 0.25) is 5.02 Å². The summed E-state index contributed by atoms with van der Waals surface area (Å²) in [5.41, 5.74) is 4.49. The molecule has 5 rings (SSSR count). The van der Waals surface area contributed by atoms with Crippen LogP contribution in [0.5, 0.6) is 5.75 Å². The number of methoxy groups -OCH3 is 1. The summed E-state index contributed by atoms with van der Waals surface area (Å²) in [6, 6.07) is 21.7. The number of amides is 2. The first-order chi connectivity index (χ1) is 16.6. The molecule has 4 aromatic rings. The normalized spacial score (nSPS) is 17.1. The van der Waals surface area contributed by atoms with Crippen molar-refractivity contribution in [2.45, 2.75) is 31.2 Å². The van der Waals surface area contributed by atoms with Gasteiger partial charge in [0.25, 0.3) is 0 Å². The molecule has 2 atom stereocenters. The van der Waals surface area contributed by atoms with Crippen molar-refractivity contribution in [1.82, 2.24) is 10.3 Å². The van der Waals surface area contributed by atoms with Crippen LogP contribution in [0.4, 0.5) is 10.5 Å². The summed E-state index contributed by atoms with van der Waals surface area (Å²) in [5.74, 6) is 0.997. The van der Waals surface area contributed by atoms with Gasteiger partial charge in [0.2, 0.25) is 0 Å². The molecule has 34 heavy (non-hydrogen) atoms. The number of carbonyl (C=O) groups is 1. The lowest BCUT2D eigenvalue weighted by molar-refractivity contribution is 0.244. The number of aryl methyl sites for hydroxylation is 1. The van der Waals surface area contributed by atoms with Crippen LogP contribution in [-0.4, -0.2) is 24.2 Å². The highest BCUT2D eigenvalue weighted by atomic mass is 35.5. The third-order valence-electron chi connectivity index (χ3n) is 6.57. The molecule has 2 unspecified atom stereocenters. The number of rotatable bonds is 5. The van der Waals surface area contributed by atoms with Crippen LogP contribution in [-0.2, 0) is 12.8 Å². The van der Waals surface area contributed by atoms with E-state index in [1.807, 2.05) is 42.5 Å². The van der Waals surface area contributed by atoms with Gasteiger partial charge in [0.1, 0.15) is 5.75 Å². The van der Waals surface area contributed by atoms with Crippen molar-refractivity contribution in [2.24, 2.45) is 0 Å². The Morgan fingerprint density at radius 3 is 2.79 bits per heavy atom. The summed E-state index contributed by atoms with van der Waals surface area (Å²) in [4.78, 5) is 17.3. The molecule has 172 valence electrons. The maximum absolute atomic E-state index is 13.1. The monoisotopic (exact) mass is 471 g/mol. The first-order valence-corrected chi connectivity index (χ1v) is 11.8. The first kappa shape index (κ1) is 22.2. The Kier molecular flexibility index (Phi) is 6.37. The predicted molar refractivity (Wildman–Crippen MR) is 137 cm³/mol. The lowest BCUT2D eigenvalue weighted by atomic mass is 9.76. The summed E-state index contributed by atoms with van der Waals surface area (Å²) >= 11 is 6.10. The second kappa shape index (κ2) is 9.74. The molecule has 0 bridgehead atoms. The van der Waals surface area contributed by atoms with Crippen molar-refractivity contribution >= 4 is 34.1 Å². The number of aromatic nitrogens is 1. The van der Waals surface area contributed by atoms with Gasteiger partial charge in [0, 0.05) is 40.1 Å². The van der Waals surface area contributed by atoms with E-state index in [1.165, 1.54) is 16.7 Å². The molecule has 0 aliphatic heterocycles. The maximum Gasteiger partial charge on any atom is 0.319 e. The Balaban J connectivity index is 1.40. The van der Waals surface area contributed by atoms with E-state index in [-0.39, 0.29) is 18.0 Å². The molecule has 1 heterocycles. The molecule has 3 aromatic carbocycles. The molecule has 0 fully saturated rings. The van der Waals surface area contributed by atoms with Crippen molar-refractivity contribution in [3.05, 3.63) is 101 Å². The zero-order chi connectivity index (χ0) is 23.5. The summed E-state index contributed by atoms with van der Waals surface area (Å²) in [5, 5.41) is 8.98. The largest absolute Gasteiger partial charge is 0.497 e. The average Bonchev–Trinajstić information content (AvgIpc) is 2.86. The van der Waals surface area contributed by atoms with Crippen LogP contribution >= 0.6 is 11.6 Å². The number of hydrogen-bond donors (Lipinski definition) is 2. The number of nitrogens with zero attached hydrogens (tertiary/aromatic N) is 1. The van der Waals surface area contributed by atoms with Gasteiger partial charge in [-0.1, -0.05) is 41.9 Å². The minimum Gasteiger partial charge on any atom is -0.497 e. The quantitative estimate of drug-likeness (QED) is 0.356. The van der Waals surface area contributed by atoms with E-state index in [9.17, 15) is 4.79 Å². The second-order valence-corrected chi connectivity index (χ2v) is 9.08. The highest BCUT2D eigenvalue weighted by Crippen LogP contribution is 2.36. The smallest absolute Gasteiger partial charge is 0.319 e. The molecule has 6 heteroatoms. The zero-order valence-corrected chi connectivity index (χ0v) is 19.7. The maximum atomic E-state index is 13.1. The van der Waals surface area contributed by atoms with Crippen LogP contribution in [0.15, 0.2) is 79.1 Å². The number of urea groups is 1. The summed E-state index contributed by atoms with van der Waals surface area (Å²) in [6.07, 6.45) is 6.08. The fourth-order valence-corrected chi connectivity index (χ4v) is 5.00. The van der Waals surface area contributed by atoms with Crippen LogP contribution in [0.3, 0.4) is 0 Å². The van der Waals surface area contributed by atoms with E-state index in [0.29, 0.717) is 0 Å². The number of nitrogens with one attached hydrogen (secondary N) is 2.